The van der Waals surface area contributed by atoms with Gasteiger partial charge in [0.25, 0.3) is 0 Å². The Morgan fingerprint density at radius 2 is 0.981 bits per heavy atom. The summed E-state index contributed by atoms with van der Waals surface area (Å²) in [5.41, 5.74) is 10.3. The molecule has 0 radical (unpaired) electrons. The highest BCUT2D eigenvalue weighted by molar-refractivity contribution is 6.12. The van der Waals surface area contributed by atoms with Crippen molar-refractivity contribution in [2.24, 2.45) is 0 Å². The SMILES string of the molecule is C1=Cc2ccc3c4ccccc4n(-c4cccc(-c5cccc(-c6nc(-c7ccccc7)nc(-c7ccccc7)n6)c5)c4)c3c2Oc2ccccc21. The van der Waals surface area contributed by atoms with Crippen LogP contribution < -0.4 is 4.74 Å². The number of ether oxygens (including phenoxy) is 1. The van der Waals surface area contributed by atoms with E-state index in [2.05, 4.69) is 108 Å². The van der Waals surface area contributed by atoms with Crippen LogP contribution in [-0.2, 0) is 0 Å². The molecule has 0 spiro atoms. The van der Waals surface area contributed by atoms with Gasteiger partial charge >= 0.3 is 0 Å². The molecule has 5 nitrogen and oxygen atoms in total. The van der Waals surface area contributed by atoms with Gasteiger partial charge in [0.15, 0.2) is 23.2 Å². The minimum atomic E-state index is 0.626. The predicted octanol–water partition coefficient (Wildman–Crippen LogP) is 11.9. The summed E-state index contributed by atoms with van der Waals surface area (Å²) >= 11 is 0. The lowest BCUT2D eigenvalue weighted by Gasteiger charge is -2.15. The number of hydrogen-bond acceptors (Lipinski definition) is 4. The molecule has 0 bridgehead atoms. The van der Waals surface area contributed by atoms with Crippen molar-refractivity contribution >= 4 is 34.0 Å². The summed E-state index contributed by atoms with van der Waals surface area (Å²) in [6, 6.07) is 58.4. The second-order valence-electron chi connectivity index (χ2n) is 12.9. The third-order valence-electron chi connectivity index (χ3n) is 9.65. The zero-order valence-corrected chi connectivity index (χ0v) is 28.0. The maximum absolute atomic E-state index is 6.77. The summed E-state index contributed by atoms with van der Waals surface area (Å²) in [7, 11) is 0. The van der Waals surface area contributed by atoms with Crippen LogP contribution in [0.1, 0.15) is 11.1 Å². The molecule has 0 aliphatic carbocycles. The maximum Gasteiger partial charge on any atom is 0.164 e. The molecule has 0 amide bonds. The van der Waals surface area contributed by atoms with Crippen LogP contribution in [0.4, 0.5) is 0 Å². The zero-order chi connectivity index (χ0) is 34.4. The van der Waals surface area contributed by atoms with Gasteiger partial charge in [-0.2, -0.15) is 0 Å². The Balaban J connectivity index is 1.12. The van der Waals surface area contributed by atoms with E-state index in [-0.39, 0.29) is 0 Å². The minimum Gasteiger partial charge on any atom is -0.454 e. The molecular weight excluding hydrogens is 637 g/mol. The Hall–Kier alpha value is -7.11. The van der Waals surface area contributed by atoms with Crippen LogP contribution in [-0.4, -0.2) is 19.5 Å². The van der Waals surface area contributed by atoms with E-state index in [9.17, 15) is 0 Å². The second kappa shape index (κ2) is 12.3. The lowest BCUT2D eigenvalue weighted by molar-refractivity contribution is 0.485. The van der Waals surface area contributed by atoms with Crippen LogP contribution in [0.2, 0.25) is 0 Å². The van der Waals surface area contributed by atoms with E-state index in [1.165, 1.54) is 5.39 Å². The van der Waals surface area contributed by atoms with Gasteiger partial charge in [0.05, 0.1) is 11.0 Å². The molecule has 1 aliphatic heterocycles. The quantitative estimate of drug-likeness (QED) is 0.183. The van der Waals surface area contributed by atoms with E-state index in [1.807, 2.05) is 78.9 Å². The fraction of sp³-hybridized carbons (Fsp3) is 0. The van der Waals surface area contributed by atoms with Crippen molar-refractivity contribution in [1.29, 1.82) is 0 Å². The van der Waals surface area contributed by atoms with E-state index >= 15 is 0 Å². The molecule has 0 saturated heterocycles. The molecule has 3 heterocycles. The van der Waals surface area contributed by atoms with Crippen molar-refractivity contribution < 1.29 is 4.74 Å². The van der Waals surface area contributed by atoms with Crippen LogP contribution in [0.25, 0.3) is 84.9 Å². The topological polar surface area (TPSA) is 52.8 Å². The number of aromatic nitrogens is 4. The molecule has 52 heavy (non-hydrogen) atoms. The molecule has 5 heteroatoms. The molecule has 0 atom stereocenters. The first-order chi connectivity index (χ1) is 25.8. The number of hydrogen-bond donors (Lipinski definition) is 0. The summed E-state index contributed by atoms with van der Waals surface area (Å²) in [6.07, 6.45) is 4.28. The molecule has 7 aromatic carbocycles. The molecule has 1 aliphatic rings. The third-order valence-corrected chi connectivity index (χ3v) is 9.65. The lowest BCUT2D eigenvalue weighted by Crippen LogP contribution is -2.00. The zero-order valence-electron chi connectivity index (χ0n) is 28.0. The Bertz CT molecular complexity index is 2760. The molecule has 0 N–H and O–H groups in total. The Morgan fingerprint density at radius 3 is 1.75 bits per heavy atom. The average molecular weight is 667 g/mol. The van der Waals surface area contributed by atoms with Gasteiger partial charge in [0, 0.05) is 44.3 Å². The molecule has 9 aromatic rings. The van der Waals surface area contributed by atoms with Crippen LogP contribution in [0.15, 0.2) is 170 Å². The van der Waals surface area contributed by atoms with Crippen LogP contribution >= 0.6 is 0 Å². The first kappa shape index (κ1) is 29.8. The largest absolute Gasteiger partial charge is 0.454 e. The third kappa shape index (κ3) is 5.15. The summed E-state index contributed by atoms with van der Waals surface area (Å²) in [5.74, 6) is 3.60. The monoisotopic (exact) mass is 666 g/mol. The van der Waals surface area contributed by atoms with Crippen molar-refractivity contribution in [3.8, 4) is 62.5 Å². The number of rotatable bonds is 5. The van der Waals surface area contributed by atoms with Gasteiger partial charge in [-0.15, -0.1) is 0 Å². The van der Waals surface area contributed by atoms with Gasteiger partial charge in [0.1, 0.15) is 5.75 Å². The maximum atomic E-state index is 6.77. The lowest BCUT2D eigenvalue weighted by atomic mass is 10.0. The molecule has 244 valence electrons. The first-order valence-electron chi connectivity index (χ1n) is 17.4. The summed E-state index contributed by atoms with van der Waals surface area (Å²) in [4.78, 5) is 14.8. The number of fused-ring (bicyclic) bond motifs is 6. The summed E-state index contributed by atoms with van der Waals surface area (Å²) in [6.45, 7) is 0. The van der Waals surface area contributed by atoms with Gasteiger partial charge in [0.2, 0.25) is 0 Å². The standard InChI is InChI=1S/C47H30N4O/c1-3-14-33(15-4-1)45-48-46(34-16-5-2-6-17-34)50-47(49-45)37-20-11-18-35(29-37)36-19-12-21-38(30-36)51-41-23-9-8-22-39(41)40-28-27-32-26-25-31-13-7-10-24-42(31)52-44(32)43(40)51/h1-30H. The van der Waals surface area contributed by atoms with Gasteiger partial charge in [-0.05, 0) is 41.5 Å². The molecule has 0 fully saturated rings. The number of benzene rings is 7. The number of para-hydroxylation sites is 2. The minimum absolute atomic E-state index is 0.626. The second-order valence-corrected chi connectivity index (χ2v) is 12.9. The van der Waals surface area contributed by atoms with E-state index in [0.717, 1.165) is 72.6 Å². The van der Waals surface area contributed by atoms with Crippen LogP contribution in [0, 0.1) is 0 Å². The van der Waals surface area contributed by atoms with E-state index < -0.39 is 0 Å². The Morgan fingerprint density at radius 1 is 0.404 bits per heavy atom. The fourth-order valence-electron chi connectivity index (χ4n) is 7.15. The number of nitrogens with zero attached hydrogens (tertiary/aromatic N) is 4. The molecular formula is C47H30N4O. The molecule has 0 unspecified atom stereocenters. The smallest absolute Gasteiger partial charge is 0.164 e. The van der Waals surface area contributed by atoms with E-state index in [1.54, 1.807) is 0 Å². The van der Waals surface area contributed by atoms with Crippen molar-refractivity contribution in [3.05, 3.63) is 181 Å². The summed E-state index contributed by atoms with van der Waals surface area (Å²) < 4.78 is 9.10. The van der Waals surface area contributed by atoms with Crippen molar-refractivity contribution in [2.45, 2.75) is 0 Å². The van der Waals surface area contributed by atoms with Crippen molar-refractivity contribution in [1.82, 2.24) is 19.5 Å². The van der Waals surface area contributed by atoms with Gasteiger partial charge < -0.3 is 9.30 Å². The van der Waals surface area contributed by atoms with Gasteiger partial charge in [-0.3, -0.25) is 0 Å². The highest BCUT2D eigenvalue weighted by Gasteiger charge is 2.21. The normalized spacial score (nSPS) is 11.9. The van der Waals surface area contributed by atoms with E-state index in [0.29, 0.717) is 17.5 Å². The molecule has 10 rings (SSSR count). The van der Waals surface area contributed by atoms with Crippen molar-refractivity contribution in [3.63, 3.8) is 0 Å². The average Bonchev–Trinajstić information content (AvgIpc) is 3.44. The van der Waals surface area contributed by atoms with Crippen LogP contribution in [0.5, 0.6) is 11.5 Å². The van der Waals surface area contributed by atoms with Crippen LogP contribution in [0.3, 0.4) is 0 Å². The van der Waals surface area contributed by atoms with Gasteiger partial charge in [-0.25, -0.2) is 15.0 Å². The Kier molecular flexibility index (Phi) is 7.07. The van der Waals surface area contributed by atoms with Crippen molar-refractivity contribution in [2.75, 3.05) is 0 Å². The highest BCUT2D eigenvalue weighted by Crippen LogP contribution is 2.44. The first-order valence-corrected chi connectivity index (χ1v) is 17.4. The van der Waals surface area contributed by atoms with E-state index in [4.69, 9.17) is 19.7 Å². The predicted molar refractivity (Wildman–Crippen MR) is 211 cm³/mol. The Labute approximate surface area is 300 Å². The highest BCUT2D eigenvalue weighted by atomic mass is 16.5. The summed E-state index contributed by atoms with van der Waals surface area (Å²) in [5, 5.41) is 2.32. The van der Waals surface area contributed by atoms with Gasteiger partial charge in [-0.1, -0.05) is 152 Å². The molecule has 2 aromatic heterocycles. The molecule has 0 saturated carbocycles. The fourth-order valence-corrected chi connectivity index (χ4v) is 7.15.